The first-order valence-corrected chi connectivity index (χ1v) is 7.26. The molecule has 0 spiro atoms. The van der Waals surface area contributed by atoms with Crippen LogP contribution in [0.2, 0.25) is 0 Å². The number of rotatable bonds is 5. The van der Waals surface area contributed by atoms with Crippen molar-refractivity contribution < 1.29 is 13.2 Å². The molecule has 0 radical (unpaired) electrons. The lowest BCUT2D eigenvalue weighted by atomic mass is 10.1. The van der Waals surface area contributed by atoms with E-state index in [0.29, 0.717) is 18.8 Å². The number of nitrogens with two attached hydrogens (primary N) is 1. The van der Waals surface area contributed by atoms with Gasteiger partial charge in [-0.3, -0.25) is 4.68 Å². The maximum absolute atomic E-state index is 12.5. The normalized spacial score (nSPS) is 11.8. The summed E-state index contributed by atoms with van der Waals surface area (Å²) in [4.78, 5) is 1.52. The summed E-state index contributed by atoms with van der Waals surface area (Å²) in [6, 6.07) is 8.31. The highest BCUT2D eigenvalue weighted by Gasteiger charge is 2.33. The van der Waals surface area contributed by atoms with Crippen LogP contribution in [0.1, 0.15) is 11.3 Å². The molecule has 0 saturated carbocycles. The fourth-order valence-corrected chi connectivity index (χ4v) is 2.22. The van der Waals surface area contributed by atoms with Gasteiger partial charge in [-0.1, -0.05) is 24.3 Å². The molecule has 126 valence electrons. The molecule has 0 atom stereocenters. The van der Waals surface area contributed by atoms with Crippen LogP contribution in [0.25, 0.3) is 11.3 Å². The lowest BCUT2D eigenvalue weighted by molar-refractivity contribution is -0.141. The zero-order valence-electron chi connectivity index (χ0n) is 12.6. The second kappa shape index (κ2) is 6.44. The second-order valence-corrected chi connectivity index (χ2v) is 5.21. The number of aromatic nitrogens is 5. The molecule has 1 aromatic carbocycles. The predicted octanol–water partition coefficient (Wildman–Crippen LogP) is 2.17. The minimum atomic E-state index is -4.43. The van der Waals surface area contributed by atoms with Gasteiger partial charge in [-0.25, -0.2) is 0 Å². The summed E-state index contributed by atoms with van der Waals surface area (Å²) in [6.45, 7) is 1.26. The highest BCUT2D eigenvalue weighted by molar-refractivity contribution is 5.57. The summed E-state index contributed by atoms with van der Waals surface area (Å²) in [6.07, 6.45) is -1.46. The number of benzene rings is 1. The Bertz CT molecular complexity index is 803. The molecule has 0 fully saturated rings. The highest BCUT2D eigenvalue weighted by atomic mass is 19.4. The molecule has 0 aliphatic carbocycles. The van der Waals surface area contributed by atoms with E-state index in [-0.39, 0.29) is 6.54 Å². The number of hydrogen-bond acceptors (Lipinski definition) is 4. The molecule has 0 amide bonds. The van der Waals surface area contributed by atoms with Gasteiger partial charge in [0.1, 0.15) is 5.69 Å². The van der Waals surface area contributed by atoms with Gasteiger partial charge in [-0.15, -0.1) is 0 Å². The van der Waals surface area contributed by atoms with E-state index in [2.05, 4.69) is 15.3 Å². The molecule has 0 aliphatic rings. The Hall–Kier alpha value is -2.68. The van der Waals surface area contributed by atoms with Gasteiger partial charge in [-0.05, 0) is 11.6 Å². The van der Waals surface area contributed by atoms with Crippen LogP contribution in [0.5, 0.6) is 0 Å². The van der Waals surface area contributed by atoms with Crippen LogP contribution in [0, 0.1) is 0 Å². The summed E-state index contributed by atoms with van der Waals surface area (Å²) < 4.78 is 38.9. The molecule has 6 nitrogen and oxygen atoms in total. The molecule has 3 aromatic rings. The molecule has 0 unspecified atom stereocenters. The molecule has 0 bridgehead atoms. The Labute approximate surface area is 135 Å². The first kappa shape index (κ1) is 16.2. The molecule has 2 aromatic heterocycles. The Morgan fingerprint density at radius 1 is 1.04 bits per heavy atom. The van der Waals surface area contributed by atoms with Crippen LogP contribution in [0.15, 0.2) is 42.7 Å². The van der Waals surface area contributed by atoms with Crippen LogP contribution in [0.3, 0.4) is 0 Å². The molecule has 2 N–H and O–H groups in total. The summed E-state index contributed by atoms with van der Waals surface area (Å²) in [5.74, 6) is 0. The van der Waals surface area contributed by atoms with E-state index in [4.69, 9.17) is 5.73 Å². The Morgan fingerprint density at radius 2 is 1.79 bits per heavy atom. The fourth-order valence-electron chi connectivity index (χ4n) is 2.22. The van der Waals surface area contributed by atoms with Crippen molar-refractivity contribution in [2.24, 2.45) is 5.73 Å². The van der Waals surface area contributed by atoms with Crippen molar-refractivity contribution >= 4 is 0 Å². The largest absolute Gasteiger partial charge is 0.435 e. The Morgan fingerprint density at radius 3 is 2.42 bits per heavy atom. The van der Waals surface area contributed by atoms with Gasteiger partial charge in [0, 0.05) is 18.3 Å². The Kier molecular flexibility index (Phi) is 4.34. The second-order valence-electron chi connectivity index (χ2n) is 5.21. The summed E-state index contributed by atoms with van der Waals surface area (Å²) in [7, 11) is 0. The van der Waals surface area contributed by atoms with Gasteiger partial charge in [0.05, 0.1) is 19.3 Å². The molecule has 9 heteroatoms. The van der Waals surface area contributed by atoms with E-state index in [9.17, 15) is 13.2 Å². The topological polar surface area (TPSA) is 74.6 Å². The monoisotopic (exact) mass is 336 g/mol. The molecular formula is C15H15F3N6. The number of alkyl halides is 3. The van der Waals surface area contributed by atoms with E-state index in [1.807, 2.05) is 24.3 Å². The molecule has 3 rings (SSSR count). The van der Waals surface area contributed by atoms with Gasteiger partial charge in [-0.2, -0.15) is 33.3 Å². The van der Waals surface area contributed by atoms with Crippen LogP contribution < -0.4 is 5.73 Å². The summed E-state index contributed by atoms with van der Waals surface area (Å²) in [5, 5.41) is 11.9. The third-order valence-electron chi connectivity index (χ3n) is 3.39. The van der Waals surface area contributed by atoms with Crippen molar-refractivity contribution in [3.8, 4) is 11.3 Å². The lowest BCUT2D eigenvalue weighted by Gasteiger charge is -2.04. The van der Waals surface area contributed by atoms with Gasteiger partial charge in [0.25, 0.3) is 0 Å². The molecule has 0 saturated heterocycles. The third-order valence-corrected chi connectivity index (χ3v) is 3.39. The lowest BCUT2D eigenvalue weighted by Crippen LogP contribution is -2.12. The SMILES string of the molecule is NCCn1ncc(-c2ccc(Cn3ccc(C(F)(F)F)n3)cc2)n1. The van der Waals surface area contributed by atoms with Crippen LogP contribution in [0.4, 0.5) is 13.2 Å². The van der Waals surface area contributed by atoms with Crippen LogP contribution in [-0.4, -0.2) is 31.3 Å². The van der Waals surface area contributed by atoms with E-state index in [1.54, 1.807) is 6.20 Å². The smallest absolute Gasteiger partial charge is 0.329 e. The quantitative estimate of drug-likeness (QED) is 0.775. The van der Waals surface area contributed by atoms with Gasteiger partial charge >= 0.3 is 6.18 Å². The number of nitrogens with zero attached hydrogens (tertiary/aromatic N) is 5. The number of halogens is 3. The van der Waals surface area contributed by atoms with Crippen molar-refractivity contribution in [2.45, 2.75) is 19.3 Å². The maximum Gasteiger partial charge on any atom is 0.435 e. The molecular weight excluding hydrogens is 321 g/mol. The minimum Gasteiger partial charge on any atom is -0.329 e. The van der Waals surface area contributed by atoms with Crippen molar-refractivity contribution in [1.29, 1.82) is 0 Å². The predicted molar refractivity (Wildman–Crippen MR) is 80.8 cm³/mol. The first-order chi connectivity index (χ1) is 11.5. The maximum atomic E-state index is 12.5. The van der Waals surface area contributed by atoms with E-state index in [0.717, 1.165) is 17.2 Å². The van der Waals surface area contributed by atoms with Crippen molar-refractivity contribution in [3.05, 3.63) is 54.0 Å². The molecule has 2 heterocycles. The molecule has 24 heavy (non-hydrogen) atoms. The van der Waals surface area contributed by atoms with E-state index < -0.39 is 11.9 Å². The average molecular weight is 336 g/mol. The average Bonchev–Trinajstić information content (AvgIpc) is 3.18. The standard InChI is InChI=1S/C15H15F3N6/c16-15(17,18)14-5-7-23(22-14)10-11-1-3-12(4-2-11)13-9-20-24(21-13)8-6-19/h1-5,7,9H,6,8,10,19H2. The highest BCUT2D eigenvalue weighted by Crippen LogP contribution is 2.27. The van der Waals surface area contributed by atoms with Gasteiger partial charge in [0.15, 0.2) is 5.69 Å². The van der Waals surface area contributed by atoms with Gasteiger partial charge < -0.3 is 5.73 Å². The summed E-state index contributed by atoms with van der Waals surface area (Å²) >= 11 is 0. The zero-order chi connectivity index (χ0) is 17.2. The van der Waals surface area contributed by atoms with Crippen molar-refractivity contribution in [1.82, 2.24) is 24.8 Å². The first-order valence-electron chi connectivity index (χ1n) is 7.26. The molecule has 0 aliphatic heterocycles. The van der Waals surface area contributed by atoms with Gasteiger partial charge in [0.2, 0.25) is 0 Å². The van der Waals surface area contributed by atoms with Crippen molar-refractivity contribution in [2.75, 3.05) is 6.54 Å². The Balaban J connectivity index is 1.71. The van der Waals surface area contributed by atoms with E-state index >= 15 is 0 Å². The fraction of sp³-hybridized carbons (Fsp3) is 0.267. The van der Waals surface area contributed by atoms with Crippen LogP contribution >= 0.6 is 0 Å². The summed E-state index contributed by atoms with van der Waals surface area (Å²) in [5.41, 5.74) is 6.99. The van der Waals surface area contributed by atoms with Crippen molar-refractivity contribution in [3.63, 3.8) is 0 Å². The zero-order valence-corrected chi connectivity index (χ0v) is 12.6. The minimum absolute atomic E-state index is 0.260. The third kappa shape index (κ3) is 3.62. The van der Waals surface area contributed by atoms with E-state index in [1.165, 1.54) is 15.7 Å². The van der Waals surface area contributed by atoms with Crippen LogP contribution in [-0.2, 0) is 19.3 Å². The number of hydrogen-bond donors (Lipinski definition) is 1.